The fraction of sp³-hybridized carbons (Fsp3) is 0.455. The molecule has 0 aliphatic carbocycles. The minimum absolute atomic E-state index is 0.0498. The number of hydrogen-bond acceptors (Lipinski definition) is 3. The van der Waals surface area contributed by atoms with Gasteiger partial charge in [-0.05, 0) is 19.9 Å². The third kappa shape index (κ3) is 1.44. The van der Waals surface area contributed by atoms with Crippen LogP contribution in [-0.4, -0.2) is 34.1 Å². The summed E-state index contributed by atoms with van der Waals surface area (Å²) in [6, 6.07) is 1.48. The van der Waals surface area contributed by atoms with Crippen LogP contribution in [0.4, 0.5) is 10.5 Å². The number of amides is 2. The Hall–Kier alpha value is -1.62. The van der Waals surface area contributed by atoms with Crippen molar-refractivity contribution in [2.45, 2.75) is 26.1 Å². The lowest BCUT2D eigenvalue weighted by Crippen LogP contribution is -2.50. The smallest absolute Gasteiger partial charge is 0.326 e. The average Bonchev–Trinajstić information content (AvgIpc) is 2.26. The Balaban J connectivity index is 2.52. The predicted molar refractivity (Wildman–Crippen MR) is 60.0 cm³/mol. The molecular formula is C11H15N3O2. The van der Waals surface area contributed by atoms with E-state index in [4.69, 9.17) is 0 Å². The van der Waals surface area contributed by atoms with Crippen molar-refractivity contribution in [1.29, 1.82) is 0 Å². The first kappa shape index (κ1) is 10.9. The van der Waals surface area contributed by atoms with E-state index in [0.29, 0.717) is 11.3 Å². The molecule has 2 heterocycles. The molecule has 5 heteroatoms. The van der Waals surface area contributed by atoms with E-state index in [9.17, 15) is 9.90 Å². The third-order valence-electron chi connectivity index (χ3n) is 2.80. The molecule has 0 radical (unpaired) electrons. The zero-order valence-electron chi connectivity index (χ0n) is 9.58. The molecule has 1 aliphatic rings. The first-order chi connectivity index (χ1) is 7.54. The number of urea groups is 1. The lowest BCUT2D eigenvalue weighted by atomic mass is 10.1. The first-order valence-electron chi connectivity index (χ1n) is 5.22. The number of aliphatic hydroxyl groups is 1. The molecule has 0 saturated carbocycles. The summed E-state index contributed by atoms with van der Waals surface area (Å²) in [5, 5.41) is 10.1. The van der Waals surface area contributed by atoms with Gasteiger partial charge in [0.25, 0.3) is 0 Å². The van der Waals surface area contributed by atoms with E-state index in [-0.39, 0.29) is 12.1 Å². The maximum Gasteiger partial charge on any atom is 0.326 e. The van der Waals surface area contributed by atoms with Gasteiger partial charge in [-0.1, -0.05) is 0 Å². The van der Waals surface area contributed by atoms with Gasteiger partial charge in [0.15, 0.2) is 6.23 Å². The summed E-state index contributed by atoms with van der Waals surface area (Å²) in [4.78, 5) is 18.9. The van der Waals surface area contributed by atoms with Gasteiger partial charge < -0.3 is 5.11 Å². The lowest BCUT2D eigenvalue weighted by molar-refractivity contribution is 0.0105. The maximum absolute atomic E-state index is 12.0. The van der Waals surface area contributed by atoms with Crippen LogP contribution >= 0.6 is 0 Å². The number of carbonyl (C=O) groups is 1. The monoisotopic (exact) mass is 221 g/mol. The van der Waals surface area contributed by atoms with Gasteiger partial charge in [0.05, 0.1) is 11.9 Å². The highest BCUT2D eigenvalue weighted by Crippen LogP contribution is 2.34. The zero-order chi connectivity index (χ0) is 11.9. The number of anilines is 1. The molecule has 86 valence electrons. The molecule has 1 unspecified atom stereocenters. The van der Waals surface area contributed by atoms with E-state index in [0.717, 1.165) is 0 Å². The summed E-state index contributed by atoms with van der Waals surface area (Å²) in [6.07, 6.45) is 2.32. The fourth-order valence-corrected chi connectivity index (χ4v) is 1.93. The molecule has 0 bridgehead atoms. The highest BCUT2D eigenvalue weighted by Gasteiger charge is 2.36. The minimum atomic E-state index is -0.887. The number of fused-ring (bicyclic) bond motifs is 1. The molecule has 0 saturated heterocycles. The third-order valence-corrected chi connectivity index (χ3v) is 2.80. The molecule has 0 aromatic carbocycles. The van der Waals surface area contributed by atoms with E-state index in [1.807, 2.05) is 13.8 Å². The van der Waals surface area contributed by atoms with Crippen molar-refractivity contribution in [3.63, 3.8) is 0 Å². The Morgan fingerprint density at radius 3 is 2.81 bits per heavy atom. The van der Waals surface area contributed by atoms with Crippen molar-refractivity contribution in [3.05, 3.63) is 24.0 Å². The molecule has 5 nitrogen and oxygen atoms in total. The molecule has 0 fully saturated rings. The van der Waals surface area contributed by atoms with Gasteiger partial charge in [-0.3, -0.25) is 14.8 Å². The number of hydrogen-bond donors (Lipinski definition) is 1. The van der Waals surface area contributed by atoms with Crippen molar-refractivity contribution in [2.24, 2.45) is 0 Å². The SMILES string of the molecule is CC(C)N1C(=O)N(C)c2cnccc2C1O. The summed E-state index contributed by atoms with van der Waals surface area (Å²) in [6.45, 7) is 3.75. The maximum atomic E-state index is 12.0. The van der Waals surface area contributed by atoms with Gasteiger partial charge in [0.1, 0.15) is 0 Å². The van der Waals surface area contributed by atoms with E-state index in [2.05, 4.69) is 4.98 Å². The van der Waals surface area contributed by atoms with Gasteiger partial charge in [-0.15, -0.1) is 0 Å². The largest absolute Gasteiger partial charge is 0.369 e. The number of aliphatic hydroxyl groups excluding tert-OH is 1. The van der Waals surface area contributed by atoms with E-state index in [1.165, 1.54) is 9.80 Å². The lowest BCUT2D eigenvalue weighted by Gasteiger charge is -2.40. The Bertz CT molecular complexity index is 419. The molecule has 0 spiro atoms. The highest BCUT2D eigenvalue weighted by atomic mass is 16.3. The second kappa shape index (κ2) is 3.75. The van der Waals surface area contributed by atoms with Gasteiger partial charge >= 0.3 is 6.03 Å². The second-order valence-electron chi connectivity index (χ2n) is 4.15. The van der Waals surface area contributed by atoms with Gasteiger partial charge in [0.2, 0.25) is 0 Å². The quantitative estimate of drug-likeness (QED) is 0.778. The highest BCUT2D eigenvalue weighted by molar-refractivity contribution is 5.94. The van der Waals surface area contributed by atoms with Gasteiger partial charge in [-0.2, -0.15) is 0 Å². The van der Waals surface area contributed by atoms with Crippen molar-refractivity contribution >= 4 is 11.7 Å². The summed E-state index contributed by atoms with van der Waals surface area (Å²) < 4.78 is 0. The van der Waals surface area contributed by atoms with Crippen molar-refractivity contribution in [3.8, 4) is 0 Å². The normalized spacial score (nSPS) is 20.3. The van der Waals surface area contributed by atoms with E-state index < -0.39 is 6.23 Å². The zero-order valence-corrected chi connectivity index (χ0v) is 9.58. The molecule has 1 N–H and O–H groups in total. The van der Waals surface area contributed by atoms with Crippen LogP contribution in [0.25, 0.3) is 0 Å². The van der Waals surface area contributed by atoms with E-state index in [1.54, 1.807) is 25.5 Å². The fourth-order valence-electron chi connectivity index (χ4n) is 1.93. The van der Waals surface area contributed by atoms with Crippen molar-refractivity contribution < 1.29 is 9.90 Å². The first-order valence-corrected chi connectivity index (χ1v) is 5.22. The predicted octanol–water partition coefficient (Wildman–Crippen LogP) is 1.35. The van der Waals surface area contributed by atoms with Crippen molar-refractivity contribution in [2.75, 3.05) is 11.9 Å². The molecule has 1 atom stereocenters. The Morgan fingerprint density at radius 2 is 2.19 bits per heavy atom. The number of rotatable bonds is 1. The standard InChI is InChI=1S/C11H15N3O2/c1-7(2)14-10(15)8-4-5-12-6-9(8)13(3)11(14)16/h4-7,10,15H,1-3H3. The minimum Gasteiger partial charge on any atom is -0.369 e. The molecule has 16 heavy (non-hydrogen) atoms. The number of pyridine rings is 1. The number of aromatic nitrogens is 1. The summed E-state index contributed by atoms with van der Waals surface area (Å²) in [7, 11) is 1.68. The number of nitrogens with zero attached hydrogens (tertiary/aromatic N) is 3. The van der Waals surface area contributed by atoms with Crippen LogP contribution in [0.1, 0.15) is 25.6 Å². The average molecular weight is 221 g/mol. The van der Waals surface area contributed by atoms with Crippen LogP contribution in [0.2, 0.25) is 0 Å². The van der Waals surface area contributed by atoms with E-state index >= 15 is 0 Å². The molecule has 1 aliphatic heterocycles. The van der Waals surface area contributed by atoms with Crippen LogP contribution in [-0.2, 0) is 0 Å². The summed E-state index contributed by atoms with van der Waals surface area (Å²) in [5.41, 5.74) is 1.38. The van der Waals surface area contributed by atoms with Crippen LogP contribution in [0.15, 0.2) is 18.5 Å². The number of carbonyl (C=O) groups excluding carboxylic acids is 1. The van der Waals surface area contributed by atoms with Crippen LogP contribution in [0.5, 0.6) is 0 Å². The van der Waals surface area contributed by atoms with Crippen LogP contribution in [0.3, 0.4) is 0 Å². The molecule has 2 amide bonds. The van der Waals surface area contributed by atoms with Gasteiger partial charge in [-0.25, -0.2) is 4.79 Å². The van der Waals surface area contributed by atoms with Crippen molar-refractivity contribution in [1.82, 2.24) is 9.88 Å². The van der Waals surface area contributed by atoms with Crippen LogP contribution < -0.4 is 4.90 Å². The molecule has 1 aromatic rings. The molecular weight excluding hydrogens is 206 g/mol. The summed E-state index contributed by atoms with van der Waals surface area (Å²) in [5.74, 6) is 0. The molecule has 1 aromatic heterocycles. The summed E-state index contributed by atoms with van der Waals surface area (Å²) >= 11 is 0. The van der Waals surface area contributed by atoms with Gasteiger partial charge in [0, 0.05) is 24.8 Å². The molecule has 2 rings (SSSR count). The second-order valence-corrected chi connectivity index (χ2v) is 4.15. The Kier molecular flexibility index (Phi) is 2.55. The Labute approximate surface area is 94.3 Å². The van der Waals surface area contributed by atoms with Crippen LogP contribution in [0, 0.1) is 0 Å². The Morgan fingerprint density at radius 1 is 1.50 bits per heavy atom. The topological polar surface area (TPSA) is 56.7 Å².